The van der Waals surface area contributed by atoms with E-state index in [1.54, 1.807) is 0 Å². The Bertz CT molecular complexity index is 294. The number of aromatic nitrogens is 3. The van der Waals surface area contributed by atoms with E-state index in [4.69, 9.17) is 10.5 Å². The SMILES string of the molecule is Nc1nc(NCCOC2CCCC2)n[nH]1. The zero-order valence-electron chi connectivity index (χ0n) is 8.70. The van der Waals surface area contributed by atoms with Crippen molar-refractivity contribution in [1.82, 2.24) is 15.2 Å². The van der Waals surface area contributed by atoms with E-state index in [9.17, 15) is 0 Å². The van der Waals surface area contributed by atoms with Gasteiger partial charge < -0.3 is 15.8 Å². The van der Waals surface area contributed by atoms with Crippen molar-refractivity contribution < 1.29 is 4.74 Å². The molecule has 0 atom stereocenters. The van der Waals surface area contributed by atoms with Gasteiger partial charge in [-0.15, -0.1) is 5.10 Å². The molecule has 6 heteroatoms. The molecule has 0 unspecified atom stereocenters. The van der Waals surface area contributed by atoms with Crippen LogP contribution in [0, 0.1) is 0 Å². The van der Waals surface area contributed by atoms with Crippen molar-refractivity contribution in [3.8, 4) is 0 Å². The molecule has 0 saturated heterocycles. The maximum atomic E-state index is 5.67. The smallest absolute Gasteiger partial charge is 0.243 e. The quantitative estimate of drug-likeness (QED) is 0.626. The molecule has 0 spiro atoms. The number of nitrogens with zero attached hydrogens (tertiary/aromatic N) is 2. The molecule has 1 aromatic rings. The van der Waals surface area contributed by atoms with E-state index >= 15 is 0 Å². The number of aromatic amines is 1. The predicted octanol–water partition coefficient (Wildman–Crippen LogP) is 0.758. The maximum Gasteiger partial charge on any atom is 0.243 e. The van der Waals surface area contributed by atoms with Gasteiger partial charge in [0.1, 0.15) is 0 Å². The average molecular weight is 211 g/mol. The number of ether oxygens (including phenoxy) is 1. The lowest BCUT2D eigenvalue weighted by Crippen LogP contribution is -2.15. The zero-order chi connectivity index (χ0) is 10.5. The first-order valence-corrected chi connectivity index (χ1v) is 5.38. The molecular formula is C9H17N5O. The highest BCUT2D eigenvalue weighted by atomic mass is 16.5. The van der Waals surface area contributed by atoms with Gasteiger partial charge in [-0.05, 0) is 12.8 Å². The Morgan fingerprint density at radius 2 is 2.27 bits per heavy atom. The second-order valence-electron chi connectivity index (χ2n) is 3.75. The van der Waals surface area contributed by atoms with Crippen LogP contribution in [-0.2, 0) is 4.74 Å². The van der Waals surface area contributed by atoms with Crippen LogP contribution in [0.3, 0.4) is 0 Å². The summed E-state index contributed by atoms with van der Waals surface area (Å²) in [4.78, 5) is 3.92. The molecule has 15 heavy (non-hydrogen) atoms. The molecule has 6 nitrogen and oxygen atoms in total. The average Bonchev–Trinajstić information content (AvgIpc) is 2.84. The van der Waals surface area contributed by atoms with E-state index in [1.165, 1.54) is 25.7 Å². The number of rotatable bonds is 5. The summed E-state index contributed by atoms with van der Waals surface area (Å²) in [5, 5.41) is 9.45. The van der Waals surface area contributed by atoms with Crippen molar-refractivity contribution in [2.45, 2.75) is 31.8 Å². The first kappa shape index (κ1) is 10.2. The van der Waals surface area contributed by atoms with Gasteiger partial charge >= 0.3 is 0 Å². The van der Waals surface area contributed by atoms with E-state index in [2.05, 4.69) is 20.5 Å². The minimum atomic E-state index is 0.328. The van der Waals surface area contributed by atoms with Crippen LogP contribution in [0.2, 0.25) is 0 Å². The summed E-state index contributed by atoms with van der Waals surface area (Å²) >= 11 is 0. The fourth-order valence-electron chi connectivity index (χ4n) is 1.80. The molecular weight excluding hydrogens is 194 g/mol. The van der Waals surface area contributed by atoms with Crippen molar-refractivity contribution in [3.63, 3.8) is 0 Å². The molecule has 1 heterocycles. The van der Waals surface area contributed by atoms with Gasteiger partial charge in [-0.3, -0.25) is 0 Å². The third-order valence-corrected chi connectivity index (χ3v) is 2.54. The standard InChI is InChI=1S/C9H17N5O/c10-8-12-9(14-13-8)11-5-6-15-7-3-1-2-4-7/h7H,1-6H2,(H4,10,11,12,13,14). The molecule has 1 saturated carbocycles. The number of nitrogens with one attached hydrogen (secondary N) is 2. The number of hydrogen-bond donors (Lipinski definition) is 3. The second kappa shape index (κ2) is 4.97. The summed E-state index contributed by atoms with van der Waals surface area (Å²) in [7, 11) is 0. The monoisotopic (exact) mass is 211 g/mol. The van der Waals surface area contributed by atoms with E-state index in [-0.39, 0.29) is 0 Å². The molecule has 0 amide bonds. The first-order valence-electron chi connectivity index (χ1n) is 5.38. The summed E-state index contributed by atoms with van der Waals surface area (Å²) in [5.41, 5.74) is 5.38. The highest BCUT2D eigenvalue weighted by Crippen LogP contribution is 2.20. The Labute approximate surface area is 88.6 Å². The van der Waals surface area contributed by atoms with E-state index in [1.807, 2.05) is 0 Å². The number of H-pyrrole nitrogens is 1. The fraction of sp³-hybridized carbons (Fsp3) is 0.778. The minimum Gasteiger partial charge on any atom is -0.376 e. The Morgan fingerprint density at radius 3 is 2.93 bits per heavy atom. The van der Waals surface area contributed by atoms with Gasteiger partial charge in [0.2, 0.25) is 11.9 Å². The Morgan fingerprint density at radius 1 is 1.47 bits per heavy atom. The van der Waals surface area contributed by atoms with Crippen LogP contribution < -0.4 is 11.1 Å². The van der Waals surface area contributed by atoms with Crippen molar-refractivity contribution in [2.75, 3.05) is 24.2 Å². The highest BCUT2D eigenvalue weighted by Gasteiger charge is 2.14. The van der Waals surface area contributed by atoms with Gasteiger partial charge in [-0.25, -0.2) is 5.10 Å². The lowest BCUT2D eigenvalue weighted by atomic mass is 10.3. The van der Waals surface area contributed by atoms with Crippen LogP contribution in [0.15, 0.2) is 0 Å². The van der Waals surface area contributed by atoms with Crippen molar-refractivity contribution in [2.24, 2.45) is 0 Å². The van der Waals surface area contributed by atoms with Crippen LogP contribution in [0.1, 0.15) is 25.7 Å². The first-order chi connectivity index (χ1) is 7.34. The number of anilines is 2. The van der Waals surface area contributed by atoms with Crippen molar-refractivity contribution in [3.05, 3.63) is 0 Å². The normalized spacial score (nSPS) is 17.1. The van der Waals surface area contributed by atoms with Gasteiger partial charge in [-0.1, -0.05) is 12.8 Å². The topological polar surface area (TPSA) is 88.8 Å². The molecule has 0 radical (unpaired) electrons. The van der Waals surface area contributed by atoms with Crippen LogP contribution >= 0.6 is 0 Å². The molecule has 1 aliphatic rings. The molecule has 0 bridgehead atoms. The number of nitrogen functional groups attached to an aromatic ring is 1. The lowest BCUT2D eigenvalue weighted by Gasteiger charge is -2.10. The summed E-state index contributed by atoms with van der Waals surface area (Å²) < 4.78 is 5.67. The molecule has 84 valence electrons. The molecule has 2 rings (SSSR count). The third-order valence-electron chi connectivity index (χ3n) is 2.54. The van der Waals surface area contributed by atoms with E-state index in [0.29, 0.717) is 31.2 Å². The molecule has 0 aromatic carbocycles. The largest absolute Gasteiger partial charge is 0.376 e. The number of nitrogens with two attached hydrogens (primary N) is 1. The van der Waals surface area contributed by atoms with Gasteiger partial charge in [0.25, 0.3) is 0 Å². The van der Waals surface area contributed by atoms with Gasteiger partial charge in [0.15, 0.2) is 0 Å². The van der Waals surface area contributed by atoms with Gasteiger partial charge in [0.05, 0.1) is 12.7 Å². The van der Waals surface area contributed by atoms with E-state index in [0.717, 1.165) is 0 Å². The third kappa shape index (κ3) is 3.09. The maximum absolute atomic E-state index is 5.67. The summed E-state index contributed by atoms with van der Waals surface area (Å²) in [5.74, 6) is 0.858. The van der Waals surface area contributed by atoms with Crippen molar-refractivity contribution >= 4 is 11.9 Å². The summed E-state index contributed by atoms with van der Waals surface area (Å²) in [6.07, 6.45) is 5.47. The summed E-state index contributed by atoms with van der Waals surface area (Å²) in [6.45, 7) is 1.41. The molecule has 1 aliphatic carbocycles. The van der Waals surface area contributed by atoms with Gasteiger partial charge in [0, 0.05) is 6.54 Å². The highest BCUT2D eigenvalue weighted by molar-refractivity contribution is 5.29. The van der Waals surface area contributed by atoms with Crippen LogP contribution in [-0.4, -0.2) is 34.4 Å². The second-order valence-corrected chi connectivity index (χ2v) is 3.75. The van der Waals surface area contributed by atoms with Crippen LogP contribution in [0.5, 0.6) is 0 Å². The Hall–Kier alpha value is -1.30. The summed E-state index contributed by atoms with van der Waals surface area (Å²) in [6, 6.07) is 0. The van der Waals surface area contributed by atoms with Crippen LogP contribution in [0.4, 0.5) is 11.9 Å². The van der Waals surface area contributed by atoms with Gasteiger partial charge in [-0.2, -0.15) is 4.98 Å². The molecule has 1 fully saturated rings. The fourth-order valence-corrected chi connectivity index (χ4v) is 1.80. The lowest BCUT2D eigenvalue weighted by molar-refractivity contribution is 0.0658. The molecule has 4 N–H and O–H groups in total. The zero-order valence-corrected chi connectivity index (χ0v) is 8.70. The number of hydrogen-bond acceptors (Lipinski definition) is 5. The molecule has 1 aromatic heterocycles. The Kier molecular flexibility index (Phi) is 3.39. The van der Waals surface area contributed by atoms with E-state index < -0.39 is 0 Å². The predicted molar refractivity (Wildman–Crippen MR) is 57.5 cm³/mol. The van der Waals surface area contributed by atoms with Crippen LogP contribution in [0.25, 0.3) is 0 Å². The Balaban J connectivity index is 1.58. The minimum absolute atomic E-state index is 0.328. The van der Waals surface area contributed by atoms with Crippen molar-refractivity contribution in [1.29, 1.82) is 0 Å². The molecule has 0 aliphatic heterocycles.